The largest absolute Gasteiger partial charge is 0.452 e. The van der Waals surface area contributed by atoms with Gasteiger partial charge in [-0.2, -0.15) is 18.3 Å². The van der Waals surface area contributed by atoms with Gasteiger partial charge in [-0.1, -0.05) is 18.2 Å². The zero-order chi connectivity index (χ0) is 16.6. The highest BCUT2D eigenvalue weighted by molar-refractivity contribution is 7.20. The maximum Gasteiger partial charge on any atom is 0.422 e. The quantitative estimate of drug-likeness (QED) is 0.674. The molecule has 0 bridgehead atoms. The number of alkyl halides is 3. The van der Waals surface area contributed by atoms with Crippen molar-refractivity contribution in [1.29, 1.82) is 0 Å². The van der Waals surface area contributed by atoms with E-state index in [9.17, 15) is 18.0 Å². The molecule has 0 saturated carbocycles. The number of carbonyl (C=O) groups excluding carboxylic acids is 1. The normalized spacial score (nSPS) is 11.8. The summed E-state index contributed by atoms with van der Waals surface area (Å²) in [5, 5.41) is 5.12. The van der Waals surface area contributed by atoms with Crippen molar-refractivity contribution >= 4 is 27.5 Å². The number of benzene rings is 1. The average molecular weight is 340 g/mol. The molecule has 120 valence electrons. The fraction of sp³-hybridized carbons (Fsp3) is 0.200. The van der Waals surface area contributed by atoms with Gasteiger partial charge in [0.1, 0.15) is 9.71 Å². The van der Waals surface area contributed by atoms with E-state index in [1.54, 1.807) is 11.6 Å². The molecule has 0 radical (unpaired) electrons. The number of thiophene rings is 1. The number of carbonyl (C=O) groups is 1. The molecule has 3 rings (SSSR count). The Bertz CT molecular complexity index is 853. The predicted octanol–water partition coefficient (Wildman–Crippen LogP) is 4.11. The van der Waals surface area contributed by atoms with Gasteiger partial charge in [-0.3, -0.25) is 0 Å². The molecule has 1 aromatic carbocycles. The van der Waals surface area contributed by atoms with Crippen molar-refractivity contribution < 1.29 is 22.7 Å². The van der Waals surface area contributed by atoms with Crippen LogP contribution in [-0.2, 0) is 4.74 Å². The van der Waals surface area contributed by atoms with Crippen LogP contribution in [0.15, 0.2) is 36.4 Å². The molecule has 0 aliphatic heterocycles. The van der Waals surface area contributed by atoms with Crippen molar-refractivity contribution in [2.24, 2.45) is 0 Å². The van der Waals surface area contributed by atoms with Gasteiger partial charge in [-0.25, -0.2) is 9.48 Å². The highest BCUT2D eigenvalue weighted by Gasteiger charge is 2.30. The van der Waals surface area contributed by atoms with Crippen molar-refractivity contribution in [3.8, 4) is 5.69 Å². The van der Waals surface area contributed by atoms with Crippen molar-refractivity contribution in [1.82, 2.24) is 9.78 Å². The van der Waals surface area contributed by atoms with Crippen LogP contribution in [0.3, 0.4) is 0 Å². The third kappa shape index (κ3) is 3.21. The van der Waals surface area contributed by atoms with E-state index in [1.807, 2.05) is 30.3 Å². The molecule has 0 spiro atoms. The molecular weight excluding hydrogens is 329 g/mol. The summed E-state index contributed by atoms with van der Waals surface area (Å²) in [4.78, 5) is 12.6. The number of ether oxygens (including phenoxy) is 1. The third-order valence-corrected chi connectivity index (χ3v) is 4.20. The summed E-state index contributed by atoms with van der Waals surface area (Å²) < 4.78 is 42.4. The third-order valence-electron chi connectivity index (χ3n) is 3.11. The van der Waals surface area contributed by atoms with Gasteiger partial charge in [0.2, 0.25) is 0 Å². The van der Waals surface area contributed by atoms with Gasteiger partial charge in [0.05, 0.1) is 11.4 Å². The Morgan fingerprint density at radius 2 is 2.00 bits per heavy atom. The van der Waals surface area contributed by atoms with Crippen molar-refractivity contribution in [2.75, 3.05) is 6.61 Å². The summed E-state index contributed by atoms with van der Waals surface area (Å²) in [5.41, 5.74) is 1.50. The van der Waals surface area contributed by atoms with Crippen molar-refractivity contribution in [2.45, 2.75) is 13.1 Å². The number of esters is 1. The number of hydrogen-bond donors (Lipinski definition) is 0. The number of nitrogens with zero attached hydrogens (tertiary/aromatic N) is 2. The molecule has 2 aromatic heterocycles. The topological polar surface area (TPSA) is 44.1 Å². The first kappa shape index (κ1) is 15.5. The Morgan fingerprint density at radius 1 is 1.30 bits per heavy atom. The number of para-hydroxylation sites is 1. The van der Waals surface area contributed by atoms with Crippen LogP contribution in [0.2, 0.25) is 0 Å². The molecular formula is C15H11F3N2O2S. The Labute approximate surface area is 133 Å². The fourth-order valence-electron chi connectivity index (χ4n) is 2.11. The van der Waals surface area contributed by atoms with Crippen LogP contribution >= 0.6 is 11.3 Å². The van der Waals surface area contributed by atoms with E-state index >= 15 is 0 Å². The Balaban J connectivity index is 1.95. The highest BCUT2D eigenvalue weighted by Crippen LogP contribution is 2.31. The van der Waals surface area contributed by atoms with E-state index in [2.05, 4.69) is 9.84 Å². The van der Waals surface area contributed by atoms with E-state index in [-0.39, 0.29) is 4.88 Å². The van der Waals surface area contributed by atoms with Crippen LogP contribution in [-0.4, -0.2) is 28.5 Å². The summed E-state index contributed by atoms with van der Waals surface area (Å²) in [5.74, 6) is -0.984. The van der Waals surface area contributed by atoms with Gasteiger partial charge in [0, 0.05) is 5.39 Å². The number of halogens is 3. The zero-order valence-corrected chi connectivity index (χ0v) is 12.7. The molecule has 0 saturated heterocycles. The molecule has 0 N–H and O–H groups in total. The maximum atomic E-state index is 12.1. The van der Waals surface area contributed by atoms with E-state index < -0.39 is 18.8 Å². The van der Waals surface area contributed by atoms with E-state index in [1.165, 1.54) is 6.07 Å². The zero-order valence-electron chi connectivity index (χ0n) is 11.9. The number of aromatic nitrogens is 2. The molecule has 4 nitrogen and oxygen atoms in total. The lowest BCUT2D eigenvalue weighted by molar-refractivity contribution is -0.161. The number of hydrogen-bond acceptors (Lipinski definition) is 4. The van der Waals surface area contributed by atoms with E-state index in [0.717, 1.165) is 22.4 Å². The van der Waals surface area contributed by atoms with Crippen LogP contribution in [0.5, 0.6) is 0 Å². The molecule has 0 unspecified atom stereocenters. The maximum absolute atomic E-state index is 12.1. The second-order valence-electron chi connectivity index (χ2n) is 4.85. The summed E-state index contributed by atoms with van der Waals surface area (Å²) in [6.07, 6.45) is -4.54. The van der Waals surface area contributed by atoms with Gasteiger partial charge >= 0.3 is 12.1 Å². The van der Waals surface area contributed by atoms with Gasteiger partial charge in [-0.15, -0.1) is 11.3 Å². The van der Waals surface area contributed by atoms with Crippen LogP contribution < -0.4 is 0 Å². The van der Waals surface area contributed by atoms with Gasteiger partial charge in [-0.05, 0) is 25.1 Å². The Hall–Kier alpha value is -2.35. The standard InChI is InChI=1S/C15H11F3N2O2S/c1-9-11-7-12(14(21)22-8-15(16,17)18)23-13(11)20(19-9)10-5-3-2-4-6-10/h2-7H,8H2,1H3. The highest BCUT2D eigenvalue weighted by atomic mass is 32.1. The minimum absolute atomic E-state index is 0.120. The molecule has 23 heavy (non-hydrogen) atoms. The molecule has 2 heterocycles. The van der Waals surface area contributed by atoms with E-state index in [4.69, 9.17) is 0 Å². The predicted molar refractivity (Wildman–Crippen MR) is 80.0 cm³/mol. The van der Waals surface area contributed by atoms with Gasteiger partial charge in [0.25, 0.3) is 0 Å². The lowest BCUT2D eigenvalue weighted by Crippen LogP contribution is -2.19. The van der Waals surface area contributed by atoms with E-state index in [0.29, 0.717) is 10.5 Å². The number of fused-ring (bicyclic) bond motifs is 1. The molecule has 0 fully saturated rings. The molecule has 0 aliphatic carbocycles. The summed E-state index contributed by atoms with van der Waals surface area (Å²) in [6, 6.07) is 10.8. The minimum atomic E-state index is -4.54. The van der Waals surface area contributed by atoms with Crippen LogP contribution in [0.25, 0.3) is 15.9 Å². The average Bonchev–Trinajstić information content (AvgIpc) is 3.06. The second kappa shape index (κ2) is 5.69. The second-order valence-corrected chi connectivity index (χ2v) is 5.88. The first-order valence-corrected chi connectivity index (χ1v) is 7.45. The van der Waals surface area contributed by atoms with Crippen molar-refractivity contribution in [3.05, 3.63) is 47.0 Å². The Morgan fingerprint density at radius 3 is 2.65 bits per heavy atom. The molecule has 0 aliphatic rings. The molecule has 0 amide bonds. The van der Waals surface area contributed by atoms with Gasteiger partial charge in [0.15, 0.2) is 6.61 Å². The van der Waals surface area contributed by atoms with Crippen LogP contribution in [0.1, 0.15) is 15.4 Å². The number of aryl methyl sites for hydroxylation is 1. The smallest absolute Gasteiger partial charge is 0.422 e. The first-order valence-electron chi connectivity index (χ1n) is 6.63. The Kier molecular flexibility index (Phi) is 3.85. The van der Waals surface area contributed by atoms with Crippen LogP contribution in [0, 0.1) is 6.92 Å². The molecule has 0 atom stereocenters. The summed E-state index contributed by atoms with van der Waals surface area (Å²) in [6.45, 7) is 0.184. The lowest BCUT2D eigenvalue weighted by Gasteiger charge is -2.06. The molecule has 8 heteroatoms. The SMILES string of the molecule is Cc1nn(-c2ccccc2)c2sc(C(=O)OCC(F)(F)F)cc12. The summed E-state index contributed by atoms with van der Waals surface area (Å²) >= 11 is 1.06. The number of rotatable bonds is 3. The van der Waals surface area contributed by atoms with Gasteiger partial charge < -0.3 is 4.74 Å². The first-order chi connectivity index (χ1) is 10.8. The minimum Gasteiger partial charge on any atom is -0.452 e. The summed E-state index contributed by atoms with van der Waals surface area (Å²) in [7, 11) is 0. The monoisotopic (exact) mass is 340 g/mol. The fourth-order valence-corrected chi connectivity index (χ4v) is 3.19. The van der Waals surface area contributed by atoms with Crippen molar-refractivity contribution in [3.63, 3.8) is 0 Å². The van der Waals surface area contributed by atoms with Crippen LogP contribution in [0.4, 0.5) is 13.2 Å². The lowest BCUT2D eigenvalue weighted by atomic mass is 10.3. The molecule has 3 aromatic rings.